The van der Waals surface area contributed by atoms with Crippen LogP contribution in [0.2, 0.25) is 0 Å². The molecular weight excluding hydrogens is 306 g/mol. The third-order valence-corrected chi connectivity index (χ3v) is 4.92. The Labute approximate surface area is 130 Å². The van der Waals surface area contributed by atoms with E-state index in [0.29, 0.717) is 31.0 Å². The SMILES string of the molecule is COc1cccc(CS(=O)(=O)CC(=O)N2CCO[C@H](C)C2)c1. The molecule has 0 bridgehead atoms. The Morgan fingerprint density at radius 2 is 2.23 bits per heavy atom. The number of rotatable bonds is 5. The summed E-state index contributed by atoms with van der Waals surface area (Å²) >= 11 is 0. The molecule has 0 saturated carbocycles. The van der Waals surface area contributed by atoms with Crippen molar-refractivity contribution in [2.45, 2.75) is 18.8 Å². The van der Waals surface area contributed by atoms with E-state index in [9.17, 15) is 13.2 Å². The van der Waals surface area contributed by atoms with Crippen LogP contribution in [0, 0.1) is 0 Å². The minimum Gasteiger partial charge on any atom is -0.497 e. The van der Waals surface area contributed by atoms with E-state index in [1.54, 1.807) is 29.2 Å². The van der Waals surface area contributed by atoms with Crippen molar-refractivity contribution in [1.82, 2.24) is 4.90 Å². The van der Waals surface area contributed by atoms with Gasteiger partial charge in [0.15, 0.2) is 9.84 Å². The largest absolute Gasteiger partial charge is 0.497 e. The van der Waals surface area contributed by atoms with Gasteiger partial charge in [-0.05, 0) is 24.6 Å². The van der Waals surface area contributed by atoms with Crippen molar-refractivity contribution in [3.8, 4) is 5.75 Å². The summed E-state index contributed by atoms with van der Waals surface area (Å²) in [6.45, 7) is 3.19. The summed E-state index contributed by atoms with van der Waals surface area (Å²) < 4.78 is 34.9. The lowest BCUT2D eigenvalue weighted by atomic mass is 10.2. The lowest BCUT2D eigenvalue weighted by Crippen LogP contribution is -2.46. The molecule has 122 valence electrons. The number of carbonyl (C=O) groups is 1. The molecule has 1 heterocycles. The maximum Gasteiger partial charge on any atom is 0.237 e. The van der Waals surface area contributed by atoms with Gasteiger partial charge in [0, 0.05) is 13.1 Å². The van der Waals surface area contributed by atoms with E-state index in [0.717, 1.165) is 0 Å². The van der Waals surface area contributed by atoms with Gasteiger partial charge in [-0.1, -0.05) is 12.1 Å². The van der Waals surface area contributed by atoms with Gasteiger partial charge in [0.1, 0.15) is 11.5 Å². The highest BCUT2D eigenvalue weighted by Gasteiger charge is 2.26. The predicted octanol–water partition coefficient (Wildman–Crippen LogP) is 0.857. The first-order valence-corrected chi connectivity index (χ1v) is 8.94. The highest BCUT2D eigenvalue weighted by molar-refractivity contribution is 7.91. The topological polar surface area (TPSA) is 72.9 Å². The van der Waals surface area contributed by atoms with E-state index in [1.165, 1.54) is 7.11 Å². The Bertz CT molecular complexity index is 629. The van der Waals surface area contributed by atoms with Crippen molar-refractivity contribution in [1.29, 1.82) is 0 Å². The number of hydrogen-bond acceptors (Lipinski definition) is 5. The van der Waals surface area contributed by atoms with Crippen LogP contribution in [0.3, 0.4) is 0 Å². The number of nitrogens with zero attached hydrogens (tertiary/aromatic N) is 1. The summed E-state index contributed by atoms with van der Waals surface area (Å²) in [5, 5.41) is 0. The average Bonchev–Trinajstić information content (AvgIpc) is 2.46. The number of morpholine rings is 1. The summed E-state index contributed by atoms with van der Waals surface area (Å²) in [6.07, 6.45) is -0.0567. The molecule has 22 heavy (non-hydrogen) atoms. The minimum absolute atomic E-state index is 0.0567. The predicted molar refractivity (Wildman–Crippen MR) is 82.5 cm³/mol. The quantitative estimate of drug-likeness (QED) is 0.802. The molecular formula is C15H21NO5S. The molecule has 7 heteroatoms. The molecule has 0 N–H and O–H groups in total. The third kappa shape index (κ3) is 4.71. The van der Waals surface area contributed by atoms with Crippen LogP contribution < -0.4 is 4.74 Å². The zero-order chi connectivity index (χ0) is 16.2. The van der Waals surface area contributed by atoms with Gasteiger partial charge in [0.2, 0.25) is 5.91 Å². The van der Waals surface area contributed by atoms with Gasteiger partial charge in [-0.15, -0.1) is 0 Å². The van der Waals surface area contributed by atoms with Crippen molar-refractivity contribution in [3.63, 3.8) is 0 Å². The number of ether oxygens (including phenoxy) is 2. The fourth-order valence-electron chi connectivity index (χ4n) is 2.39. The normalized spacial score (nSPS) is 19.0. The smallest absolute Gasteiger partial charge is 0.237 e. The van der Waals surface area contributed by atoms with Crippen LogP contribution in [0.5, 0.6) is 5.75 Å². The van der Waals surface area contributed by atoms with Crippen LogP contribution in [0.4, 0.5) is 0 Å². The van der Waals surface area contributed by atoms with Crippen molar-refractivity contribution < 1.29 is 22.7 Å². The second-order valence-electron chi connectivity index (χ2n) is 5.40. The van der Waals surface area contributed by atoms with Crippen molar-refractivity contribution in [2.75, 3.05) is 32.6 Å². The highest BCUT2D eigenvalue weighted by Crippen LogP contribution is 2.16. The van der Waals surface area contributed by atoms with E-state index >= 15 is 0 Å². The first kappa shape index (κ1) is 16.8. The molecule has 0 spiro atoms. The van der Waals surface area contributed by atoms with E-state index in [1.807, 2.05) is 6.92 Å². The average molecular weight is 327 g/mol. The van der Waals surface area contributed by atoms with Gasteiger partial charge < -0.3 is 14.4 Å². The van der Waals surface area contributed by atoms with Crippen LogP contribution in [0.25, 0.3) is 0 Å². The number of amides is 1. The Balaban J connectivity index is 1.99. The zero-order valence-corrected chi connectivity index (χ0v) is 13.6. The molecule has 1 aliphatic rings. The fourth-order valence-corrected chi connectivity index (χ4v) is 3.74. The molecule has 6 nitrogen and oxygen atoms in total. The molecule has 1 aromatic carbocycles. The van der Waals surface area contributed by atoms with Gasteiger partial charge in [0.05, 0.1) is 25.6 Å². The zero-order valence-electron chi connectivity index (χ0n) is 12.8. The molecule has 0 aliphatic carbocycles. The molecule has 1 amide bonds. The summed E-state index contributed by atoms with van der Waals surface area (Å²) in [7, 11) is -1.99. The molecule has 2 rings (SSSR count). The van der Waals surface area contributed by atoms with Gasteiger partial charge in [-0.25, -0.2) is 8.42 Å². The summed E-state index contributed by atoms with van der Waals surface area (Å²) in [5.74, 6) is -0.411. The Morgan fingerprint density at radius 3 is 2.91 bits per heavy atom. The van der Waals surface area contributed by atoms with Crippen molar-refractivity contribution in [2.24, 2.45) is 0 Å². The van der Waals surface area contributed by atoms with Gasteiger partial charge in [-0.3, -0.25) is 4.79 Å². The molecule has 0 aromatic heterocycles. The van der Waals surface area contributed by atoms with Gasteiger partial charge >= 0.3 is 0 Å². The molecule has 1 fully saturated rings. The van der Waals surface area contributed by atoms with Crippen LogP contribution in [-0.2, 0) is 25.1 Å². The molecule has 1 atom stereocenters. The molecule has 1 aromatic rings. The number of carbonyl (C=O) groups excluding carboxylic acids is 1. The minimum atomic E-state index is -3.51. The van der Waals surface area contributed by atoms with Crippen LogP contribution >= 0.6 is 0 Å². The van der Waals surface area contributed by atoms with Crippen molar-refractivity contribution in [3.05, 3.63) is 29.8 Å². The second-order valence-corrected chi connectivity index (χ2v) is 7.47. The first-order chi connectivity index (χ1) is 10.4. The summed E-state index contributed by atoms with van der Waals surface area (Å²) in [4.78, 5) is 13.7. The number of sulfone groups is 1. The molecule has 0 unspecified atom stereocenters. The molecule has 0 radical (unpaired) electrons. The monoisotopic (exact) mass is 327 g/mol. The fraction of sp³-hybridized carbons (Fsp3) is 0.533. The molecule has 1 saturated heterocycles. The summed E-state index contributed by atoms with van der Waals surface area (Å²) in [5.41, 5.74) is 0.613. The number of benzene rings is 1. The highest BCUT2D eigenvalue weighted by atomic mass is 32.2. The second kappa shape index (κ2) is 7.11. The maximum absolute atomic E-state index is 12.2. The lowest BCUT2D eigenvalue weighted by Gasteiger charge is -2.31. The maximum atomic E-state index is 12.2. The van der Waals surface area contributed by atoms with E-state index < -0.39 is 15.6 Å². The van der Waals surface area contributed by atoms with Crippen LogP contribution in [0.1, 0.15) is 12.5 Å². The number of methoxy groups -OCH3 is 1. The van der Waals surface area contributed by atoms with Gasteiger partial charge in [-0.2, -0.15) is 0 Å². The van der Waals surface area contributed by atoms with E-state index in [4.69, 9.17) is 9.47 Å². The van der Waals surface area contributed by atoms with E-state index in [-0.39, 0.29) is 17.8 Å². The molecule has 1 aliphatic heterocycles. The van der Waals surface area contributed by atoms with Crippen molar-refractivity contribution >= 4 is 15.7 Å². The first-order valence-electron chi connectivity index (χ1n) is 7.12. The lowest BCUT2D eigenvalue weighted by molar-refractivity contribution is -0.135. The third-order valence-electron chi connectivity index (χ3n) is 3.46. The Hall–Kier alpha value is -1.60. The Kier molecular flexibility index (Phi) is 5.42. The Morgan fingerprint density at radius 1 is 1.45 bits per heavy atom. The van der Waals surface area contributed by atoms with Gasteiger partial charge in [0.25, 0.3) is 0 Å². The van der Waals surface area contributed by atoms with E-state index in [2.05, 4.69) is 0 Å². The standard InChI is InChI=1S/C15H21NO5S/c1-12-9-16(6-7-21-12)15(17)11-22(18,19)10-13-4-3-5-14(8-13)20-2/h3-5,8,12H,6-7,9-11H2,1-2H3/t12-/m1/s1. The summed E-state index contributed by atoms with van der Waals surface area (Å²) in [6, 6.07) is 6.85. The van der Waals surface area contributed by atoms with Crippen LogP contribution in [0.15, 0.2) is 24.3 Å². The number of hydrogen-bond donors (Lipinski definition) is 0. The van der Waals surface area contributed by atoms with Crippen LogP contribution in [-0.4, -0.2) is 57.9 Å².